The minimum Gasteiger partial charge on any atom is -0.449 e. The predicted octanol–water partition coefficient (Wildman–Crippen LogP) is 3.59. The van der Waals surface area contributed by atoms with Crippen LogP contribution in [0.15, 0.2) is 22.6 Å². The van der Waals surface area contributed by atoms with Gasteiger partial charge in [-0.25, -0.2) is 0 Å². The second-order valence-corrected chi connectivity index (χ2v) is 6.60. The van der Waals surface area contributed by atoms with Gasteiger partial charge in [-0.1, -0.05) is 30.7 Å². The van der Waals surface area contributed by atoms with E-state index in [1.807, 2.05) is 24.0 Å². The van der Waals surface area contributed by atoms with Crippen LogP contribution in [-0.2, 0) is 0 Å². The van der Waals surface area contributed by atoms with Crippen LogP contribution < -0.4 is 5.73 Å². The van der Waals surface area contributed by atoms with E-state index >= 15 is 0 Å². The van der Waals surface area contributed by atoms with Gasteiger partial charge >= 0.3 is 0 Å². The van der Waals surface area contributed by atoms with E-state index < -0.39 is 0 Å². The van der Waals surface area contributed by atoms with Gasteiger partial charge in [0.25, 0.3) is 5.91 Å². The molecule has 4 nitrogen and oxygen atoms in total. The lowest BCUT2D eigenvalue weighted by Crippen LogP contribution is -2.49. The Kier molecular flexibility index (Phi) is 4.15. The average Bonchev–Trinajstić information content (AvgIpc) is 2.85. The van der Waals surface area contributed by atoms with Crippen molar-refractivity contribution in [2.75, 3.05) is 13.1 Å². The summed E-state index contributed by atoms with van der Waals surface area (Å²) in [5.41, 5.74) is 7.29. The normalized spacial score (nSPS) is 22.3. The van der Waals surface area contributed by atoms with Gasteiger partial charge in [0.05, 0.1) is 5.02 Å². The number of carbonyl (C=O) groups is 1. The zero-order valence-corrected chi connectivity index (χ0v) is 13.7. The van der Waals surface area contributed by atoms with Crippen molar-refractivity contribution in [1.82, 2.24) is 4.90 Å². The fourth-order valence-corrected chi connectivity index (χ4v) is 3.50. The highest BCUT2D eigenvalue weighted by atomic mass is 35.5. The van der Waals surface area contributed by atoms with Gasteiger partial charge in [0, 0.05) is 30.1 Å². The summed E-state index contributed by atoms with van der Waals surface area (Å²) in [6.07, 6.45) is 1.95. The fourth-order valence-electron chi connectivity index (χ4n) is 3.29. The summed E-state index contributed by atoms with van der Waals surface area (Å²) in [5.74, 6) is 0.909. The van der Waals surface area contributed by atoms with Crippen LogP contribution in [0.3, 0.4) is 0 Å². The average molecular weight is 321 g/mol. The van der Waals surface area contributed by atoms with Gasteiger partial charge in [0.2, 0.25) is 0 Å². The molecule has 1 amide bonds. The molecule has 2 heterocycles. The summed E-state index contributed by atoms with van der Waals surface area (Å²) >= 11 is 6.17. The lowest BCUT2D eigenvalue weighted by molar-refractivity contribution is 0.0543. The highest BCUT2D eigenvalue weighted by molar-refractivity contribution is 6.35. The number of amides is 1. The molecular weight excluding hydrogens is 300 g/mol. The molecule has 22 heavy (non-hydrogen) atoms. The number of para-hydroxylation sites is 1. The van der Waals surface area contributed by atoms with Gasteiger partial charge in [-0.05, 0) is 31.7 Å². The minimum absolute atomic E-state index is 0.0767. The predicted molar refractivity (Wildman–Crippen MR) is 88.2 cm³/mol. The topological polar surface area (TPSA) is 59.5 Å². The standard InChI is InChI=1S/C17H21ClN2O2/c1-10-6-7-20(12(8-10)9-19)17(21)15-11(2)13-4-3-5-14(18)16(13)22-15/h3-5,10,12H,6-9,19H2,1-2H3. The summed E-state index contributed by atoms with van der Waals surface area (Å²) in [4.78, 5) is 14.8. The zero-order valence-electron chi connectivity index (χ0n) is 12.9. The quantitative estimate of drug-likeness (QED) is 0.919. The van der Waals surface area contributed by atoms with E-state index in [2.05, 4.69) is 6.92 Å². The number of fused-ring (bicyclic) bond motifs is 1. The molecule has 118 valence electrons. The SMILES string of the molecule is Cc1c(C(=O)N2CCC(C)CC2CN)oc2c(Cl)cccc12. The Balaban J connectivity index is 1.98. The molecule has 1 aromatic carbocycles. The number of likely N-dealkylation sites (tertiary alicyclic amines) is 1. The van der Waals surface area contributed by atoms with E-state index in [0.29, 0.717) is 28.8 Å². The Labute approximate surface area is 135 Å². The van der Waals surface area contributed by atoms with Crippen LogP contribution in [0.5, 0.6) is 0 Å². The second kappa shape index (κ2) is 5.94. The van der Waals surface area contributed by atoms with E-state index in [-0.39, 0.29) is 11.9 Å². The first-order valence-electron chi connectivity index (χ1n) is 7.71. The molecule has 3 rings (SSSR count). The number of hydrogen-bond donors (Lipinski definition) is 1. The van der Waals surface area contributed by atoms with E-state index in [1.54, 1.807) is 6.07 Å². The van der Waals surface area contributed by atoms with Crippen LogP contribution in [0.25, 0.3) is 11.0 Å². The maximum Gasteiger partial charge on any atom is 0.290 e. The smallest absolute Gasteiger partial charge is 0.290 e. The molecule has 0 saturated carbocycles. The van der Waals surface area contributed by atoms with Gasteiger partial charge in [-0.3, -0.25) is 4.79 Å². The number of rotatable bonds is 2. The van der Waals surface area contributed by atoms with E-state index in [4.69, 9.17) is 21.8 Å². The molecule has 1 fully saturated rings. The van der Waals surface area contributed by atoms with Crippen LogP contribution >= 0.6 is 11.6 Å². The molecule has 1 saturated heterocycles. The summed E-state index contributed by atoms with van der Waals surface area (Å²) in [5, 5.41) is 1.42. The number of piperidine rings is 1. The third-order valence-corrected chi connectivity index (χ3v) is 4.92. The van der Waals surface area contributed by atoms with E-state index in [0.717, 1.165) is 30.3 Å². The first kappa shape index (κ1) is 15.4. The maximum absolute atomic E-state index is 12.9. The Hall–Kier alpha value is -1.52. The van der Waals surface area contributed by atoms with Crippen LogP contribution in [-0.4, -0.2) is 29.9 Å². The molecule has 2 aromatic rings. The molecule has 0 bridgehead atoms. The maximum atomic E-state index is 12.9. The van der Waals surface area contributed by atoms with Crippen LogP contribution in [0.4, 0.5) is 0 Å². The van der Waals surface area contributed by atoms with Crippen molar-refractivity contribution in [2.24, 2.45) is 11.7 Å². The molecule has 5 heteroatoms. The first-order valence-corrected chi connectivity index (χ1v) is 8.09. The molecule has 1 aromatic heterocycles. The molecular formula is C17H21ClN2O2. The van der Waals surface area contributed by atoms with Crippen LogP contribution in [0, 0.1) is 12.8 Å². The van der Waals surface area contributed by atoms with E-state index in [9.17, 15) is 4.79 Å². The third-order valence-electron chi connectivity index (χ3n) is 4.62. The Bertz CT molecular complexity index is 710. The number of halogens is 1. The number of hydrogen-bond acceptors (Lipinski definition) is 3. The molecule has 2 atom stereocenters. The molecule has 0 radical (unpaired) electrons. The van der Waals surface area contributed by atoms with Gasteiger partial charge in [0.1, 0.15) is 0 Å². The number of carbonyl (C=O) groups excluding carboxylic acids is 1. The van der Waals surface area contributed by atoms with Crippen molar-refractivity contribution >= 4 is 28.5 Å². The van der Waals surface area contributed by atoms with Gasteiger partial charge in [-0.2, -0.15) is 0 Å². The molecule has 1 aliphatic heterocycles. The fraction of sp³-hybridized carbons (Fsp3) is 0.471. The minimum atomic E-state index is -0.0767. The van der Waals surface area contributed by atoms with Gasteiger partial charge in [-0.15, -0.1) is 0 Å². The van der Waals surface area contributed by atoms with Crippen LogP contribution in [0.1, 0.15) is 35.9 Å². The molecule has 2 N–H and O–H groups in total. The van der Waals surface area contributed by atoms with Crippen molar-refractivity contribution in [2.45, 2.75) is 32.7 Å². The number of nitrogens with zero attached hydrogens (tertiary/aromatic N) is 1. The van der Waals surface area contributed by atoms with Crippen molar-refractivity contribution in [1.29, 1.82) is 0 Å². The monoisotopic (exact) mass is 320 g/mol. The van der Waals surface area contributed by atoms with Crippen molar-refractivity contribution in [3.8, 4) is 0 Å². The summed E-state index contributed by atoms with van der Waals surface area (Å²) < 4.78 is 5.80. The third kappa shape index (κ3) is 2.50. The van der Waals surface area contributed by atoms with Crippen molar-refractivity contribution in [3.63, 3.8) is 0 Å². The van der Waals surface area contributed by atoms with Gasteiger partial charge in [0.15, 0.2) is 11.3 Å². The second-order valence-electron chi connectivity index (χ2n) is 6.19. The highest BCUT2D eigenvalue weighted by Crippen LogP contribution is 2.32. The molecule has 2 unspecified atom stereocenters. The van der Waals surface area contributed by atoms with E-state index in [1.165, 1.54) is 0 Å². The number of benzene rings is 1. The number of aryl methyl sites for hydroxylation is 1. The number of furan rings is 1. The molecule has 0 aliphatic carbocycles. The highest BCUT2D eigenvalue weighted by Gasteiger charge is 2.32. The summed E-state index contributed by atoms with van der Waals surface area (Å²) in [6.45, 7) is 5.32. The lowest BCUT2D eigenvalue weighted by Gasteiger charge is -2.37. The lowest BCUT2D eigenvalue weighted by atomic mass is 9.92. The Morgan fingerprint density at radius 1 is 1.50 bits per heavy atom. The zero-order chi connectivity index (χ0) is 15.9. The Morgan fingerprint density at radius 3 is 2.95 bits per heavy atom. The molecule has 0 spiro atoms. The van der Waals surface area contributed by atoms with Crippen LogP contribution in [0.2, 0.25) is 5.02 Å². The first-order chi connectivity index (χ1) is 10.5. The summed E-state index contributed by atoms with van der Waals surface area (Å²) in [6, 6.07) is 5.65. The Morgan fingerprint density at radius 2 is 2.27 bits per heavy atom. The van der Waals surface area contributed by atoms with Crippen molar-refractivity contribution in [3.05, 3.63) is 34.5 Å². The van der Waals surface area contributed by atoms with Gasteiger partial charge < -0.3 is 15.1 Å². The summed E-state index contributed by atoms with van der Waals surface area (Å²) in [7, 11) is 0. The number of nitrogens with two attached hydrogens (primary N) is 1. The largest absolute Gasteiger partial charge is 0.449 e. The van der Waals surface area contributed by atoms with Crippen molar-refractivity contribution < 1.29 is 9.21 Å². The molecule has 1 aliphatic rings.